The maximum atomic E-state index is 13.1. The summed E-state index contributed by atoms with van der Waals surface area (Å²) in [6, 6.07) is 14.3. The first kappa shape index (κ1) is 34.4. The van der Waals surface area contributed by atoms with Gasteiger partial charge in [0.2, 0.25) is 11.8 Å². The third-order valence-electron chi connectivity index (χ3n) is 8.33. The van der Waals surface area contributed by atoms with Crippen LogP contribution in [0.3, 0.4) is 0 Å². The van der Waals surface area contributed by atoms with E-state index in [0.717, 1.165) is 59.7 Å². The average molecular weight is 680 g/mol. The Balaban J connectivity index is 1.31. The van der Waals surface area contributed by atoms with Gasteiger partial charge in [0.1, 0.15) is 5.60 Å². The number of anilines is 1. The van der Waals surface area contributed by atoms with Crippen molar-refractivity contribution in [3.63, 3.8) is 0 Å². The van der Waals surface area contributed by atoms with E-state index in [1.165, 1.54) is 13.2 Å². The molecule has 250 valence electrons. The summed E-state index contributed by atoms with van der Waals surface area (Å²) in [6.07, 6.45) is 5.79. The van der Waals surface area contributed by atoms with Crippen LogP contribution in [0.5, 0.6) is 5.88 Å². The Labute approximate surface area is 281 Å². The average Bonchev–Trinajstić information content (AvgIpc) is 3.03. The molecule has 1 amide bonds. The molecule has 10 nitrogen and oxygen atoms in total. The number of ether oxygens (including phenoxy) is 2. The molecule has 2 aromatic carbocycles. The molecule has 1 aliphatic rings. The monoisotopic (exact) mass is 679 g/mol. The van der Waals surface area contributed by atoms with E-state index in [-0.39, 0.29) is 33.8 Å². The zero-order chi connectivity index (χ0) is 33.9. The fourth-order valence-electron chi connectivity index (χ4n) is 5.89. The van der Waals surface area contributed by atoms with Crippen LogP contribution in [0.4, 0.5) is 10.7 Å². The second-order valence-corrected chi connectivity index (χ2v) is 15.3. The van der Waals surface area contributed by atoms with Crippen LogP contribution in [0.25, 0.3) is 22.0 Å². The number of rotatable bonds is 9. The van der Waals surface area contributed by atoms with Gasteiger partial charge in [0.15, 0.2) is 9.84 Å². The number of sulfone groups is 1. The van der Waals surface area contributed by atoms with E-state index in [0.29, 0.717) is 17.5 Å². The molecule has 0 saturated heterocycles. The number of carbonyl (C=O) groups is 1. The van der Waals surface area contributed by atoms with Crippen LogP contribution in [0, 0.1) is 0 Å². The summed E-state index contributed by atoms with van der Waals surface area (Å²) in [6.45, 7) is 7.70. The van der Waals surface area contributed by atoms with E-state index >= 15 is 0 Å². The van der Waals surface area contributed by atoms with Crippen molar-refractivity contribution < 1.29 is 22.7 Å². The fraction of sp³-hybridized carbons (Fsp3) is 0.429. The summed E-state index contributed by atoms with van der Waals surface area (Å²) in [4.78, 5) is 28.4. The van der Waals surface area contributed by atoms with Crippen LogP contribution in [0.1, 0.15) is 64.6 Å². The fourth-order valence-corrected chi connectivity index (χ4v) is 7.74. The van der Waals surface area contributed by atoms with Gasteiger partial charge in [0.25, 0.3) is 0 Å². The number of benzene rings is 2. The Morgan fingerprint density at radius 3 is 2.45 bits per heavy atom. The third kappa shape index (κ3) is 8.13. The highest BCUT2D eigenvalue weighted by Crippen LogP contribution is 2.34. The Hall–Kier alpha value is -3.96. The van der Waals surface area contributed by atoms with Crippen molar-refractivity contribution in [2.45, 2.75) is 88.1 Å². The van der Waals surface area contributed by atoms with Gasteiger partial charge in [-0.3, -0.25) is 0 Å². The molecule has 0 aliphatic heterocycles. The van der Waals surface area contributed by atoms with Gasteiger partial charge in [-0.1, -0.05) is 30.7 Å². The topological polar surface area (TPSA) is 124 Å². The molecule has 1 N–H and O–H groups in total. The van der Waals surface area contributed by atoms with Crippen molar-refractivity contribution in [1.29, 1.82) is 0 Å². The lowest BCUT2D eigenvalue weighted by atomic mass is 9.90. The first-order valence-electron chi connectivity index (χ1n) is 15.8. The lowest BCUT2D eigenvalue weighted by Crippen LogP contribution is -2.43. The van der Waals surface area contributed by atoms with E-state index < -0.39 is 15.4 Å². The highest BCUT2D eigenvalue weighted by atomic mass is 35.5. The van der Waals surface area contributed by atoms with Crippen molar-refractivity contribution in [1.82, 2.24) is 19.9 Å². The van der Waals surface area contributed by atoms with E-state index in [2.05, 4.69) is 28.3 Å². The number of nitrogens with one attached hydrogen (secondary N) is 1. The standard InChI is InChI=1S/C35H42ClN5O5S/c1-7-22-18-23(28-17-14-26(38-32(28)45-6)21-47(43,44)30-11-9-8-10-29(30)36)19-24-20-37-33(40-31(22)24)39-25-12-15-27(16-13-25)41(5)34(42)46-35(2,3)4/h8-11,14,17-20,25,27H,7,12-13,15-16,21H2,1-6H3,(H,37,39,40). The molecule has 12 heteroatoms. The maximum Gasteiger partial charge on any atom is 0.410 e. The van der Waals surface area contributed by atoms with E-state index in [1.54, 1.807) is 29.2 Å². The minimum atomic E-state index is -3.71. The molecule has 4 aromatic rings. The quantitative estimate of drug-likeness (QED) is 0.192. The molecule has 2 heterocycles. The van der Waals surface area contributed by atoms with Crippen LogP contribution < -0.4 is 10.1 Å². The summed E-state index contributed by atoms with van der Waals surface area (Å²) in [5.74, 6) is 0.592. The lowest BCUT2D eigenvalue weighted by molar-refractivity contribution is 0.0185. The highest BCUT2D eigenvalue weighted by Gasteiger charge is 2.30. The molecule has 1 saturated carbocycles. The molecule has 2 aromatic heterocycles. The third-order valence-corrected chi connectivity index (χ3v) is 10.5. The predicted octanol–water partition coefficient (Wildman–Crippen LogP) is 7.48. The second-order valence-electron chi connectivity index (χ2n) is 12.9. The smallest absolute Gasteiger partial charge is 0.410 e. The van der Waals surface area contributed by atoms with E-state index in [9.17, 15) is 13.2 Å². The predicted molar refractivity (Wildman–Crippen MR) is 185 cm³/mol. The molecule has 0 unspecified atom stereocenters. The Morgan fingerprint density at radius 1 is 1.06 bits per heavy atom. The lowest BCUT2D eigenvalue weighted by Gasteiger charge is -2.35. The largest absolute Gasteiger partial charge is 0.481 e. The molecule has 0 radical (unpaired) electrons. The molecule has 0 spiro atoms. The van der Waals surface area contributed by atoms with Gasteiger partial charge in [0, 0.05) is 36.3 Å². The second kappa shape index (κ2) is 14.0. The molecule has 1 aliphatic carbocycles. The van der Waals surface area contributed by atoms with Gasteiger partial charge >= 0.3 is 6.09 Å². The van der Waals surface area contributed by atoms with Crippen molar-refractivity contribution in [2.75, 3.05) is 19.5 Å². The van der Waals surface area contributed by atoms with Crippen molar-refractivity contribution in [2.24, 2.45) is 0 Å². The first-order valence-corrected chi connectivity index (χ1v) is 17.8. The molecule has 47 heavy (non-hydrogen) atoms. The Bertz CT molecular complexity index is 1870. The summed E-state index contributed by atoms with van der Waals surface area (Å²) in [5, 5.41) is 4.56. The summed E-state index contributed by atoms with van der Waals surface area (Å²) < 4.78 is 37.3. The Kier molecular flexibility index (Phi) is 10.3. The van der Waals surface area contributed by atoms with Crippen LogP contribution >= 0.6 is 11.6 Å². The number of aryl methyl sites for hydroxylation is 1. The zero-order valence-corrected chi connectivity index (χ0v) is 29.3. The van der Waals surface area contributed by atoms with Gasteiger partial charge in [0.05, 0.1) is 34.0 Å². The number of hydrogen-bond acceptors (Lipinski definition) is 9. The number of nitrogens with zero attached hydrogens (tertiary/aromatic N) is 4. The van der Waals surface area contributed by atoms with Crippen LogP contribution in [-0.2, 0) is 26.7 Å². The number of aromatic nitrogens is 3. The summed E-state index contributed by atoms with van der Waals surface area (Å²) in [5.41, 5.74) is 3.34. The van der Waals surface area contributed by atoms with Gasteiger partial charge in [-0.2, -0.15) is 0 Å². The van der Waals surface area contributed by atoms with Crippen molar-refractivity contribution in [3.05, 3.63) is 71.0 Å². The van der Waals surface area contributed by atoms with E-state index in [1.807, 2.05) is 46.1 Å². The zero-order valence-electron chi connectivity index (χ0n) is 27.7. The molecular weight excluding hydrogens is 638 g/mol. The molecule has 5 rings (SSSR count). The molecule has 1 fully saturated rings. The molecule has 0 atom stereocenters. The van der Waals surface area contributed by atoms with Crippen LogP contribution in [-0.4, -0.2) is 66.2 Å². The molecular formula is C35H42ClN5O5S. The minimum absolute atomic E-state index is 0.0703. The first-order chi connectivity index (χ1) is 22.3. The number of carbonyl (C=O) groups excluding carboxylic acids is 1. The number of fused-ring (bicyclic) bond motifs is 1. The van der Waals surface area contributed by atoms with Crippen LogP contribution in [0.2, 0.25) is 5.02 Å². The van der Waals surface area contributed by atoms with Crippen molar-refractivity contribution in [3.8, 4) is 17.0 Å². The normalized spacial score (nSPS) is 16.9. The summed E-state index contributed by atoms with van der Waals surface area (Å²) >= 11 is 6.16. The van der Waals surface area contributed by atoms with Crippen molar-refractivity contribution >= 4 is 44.4 Å². The molecule has 0 bridgehead atoms. The number of methoxy groups -OCH3 is 1. The van der Waals surface area contributed by atoms with Gasteiger partial charge in [-0.25, -0.2) is 28.2 Å². The number of hydrogen-bond donors (Lipinski definition) is 1. The van der Waals surface area contributed by atoms with Gasteiger partial charge < -0.3 is 19.7 Å². The highest BCUT2D eigenvalue weighted by molar-refractivity contribution is 7.90. The Morgan fingerprint density at radius 2 is 1.79 bits per heavy atom. The van der Waals surface area contributed by atoms with Crippen LogP contribution in [0.15, 0.2) is 59.6 Å². The van der Waals surface area contributed by atoms with E-state index in [4.69, 9.17) is 26.1 Å². The van der Waals surface area contributed by atoms with Gasteiger partial charge in [-0.05, 0) is 100 Å². The number of pyridine rings is 1. The number of halogens is 1. The summed E-state index contributed by atoms with van der Waals surface area (Å²) in [7, 11) is -0.381. The SMILES string of the molecule is CCc1cc(-c2ccc(CS(=O)(=O)c3ccccc3Cl)nc2OC)cc2cnc(NC3CCC(N(C)C(=O)OC(C)(C)C)CC3)nc12. The minimum Gasteiger partial charge on any atom is -0.481 e. The van der Waals surface area contributed by atoms with Gasteiger partial charge in [-0.15, -0.1) is 0 Å². The number of amides is 1. The maximum absolute atomic E-state index is 13.1.